The van der Waals surface area contributed by atoms with E-state index in [1.54, 1.807) is 24.3 Å². The molecular formula is C13H14O5. The minimum absolute atomic E-state index is 0.00782. The fraction of sp³-hybridized carbons (Fsp3) is 0.308. The van der Waals surface area contributed by atoms with E-state index in [1.165, 1.54) is 0 Å². The van der Waals surface area contributed by atoms with Crippen molar-refractivity contribution in [3.63, 3.8) is 0 Å². The number of carbonyl (C=O) groups excluding carboxylic acids is 3. The molecule has 0 saturated heterocycles. The molecule has 18 heavy (non-hydrogen) atoms. The van der Waals surface area contributed by atoms with Gasteiger partial charge >= 0.3 is 11.9 Å². The van der Waals surface area contributed by atoms with Gasteiger partial charge in [-0.2, -0.15) is 0 Å². The molecule has 0 fully saturated rings. The number of esters is 2. The van der Waals surface area contributed by atoms with E-state index in [4.69, 9.17) is 0 Å². The zero-order valence-corrected chi connectivity index (χ0v) is 10.2. The summed E-state index contributed by atoms with van der Waals surface area (Å²) in [5.41, 5.74) is 0.739. The molecule has 0 saturated carbocycles. The highest BCUT2D eigenvalue weighted by atomic mass is 16.6. The van der Waals surface area contributed by atoms with Crippen molar-refractivity contribution in [2.45, 2.75) is 19.4 Å². The van der Waals surface area contributed by atoms with Crippen LogP contribution in [0.1, 0.15) is 12.5 Å². The standard InChI is InChI=1S/C13H14O5/c1-9(14)18-12(13(16)17-2)11(15)8-10-6-4-3-5-7-10/h3-7,12H,8H2,1-2H3. The topological polar surface area (TPSA) is 69.7 Å². The Bertz CT molecular complexity index is 438. The lowest BCUT2D eigenvalue weighted by Crippen LogP contribution is -2.36. The number of hydrogen-bond acceptors (Lipinski definition) is 5. The first-order valence-electron chi connectivity index (χ1n) is 5.36. The summed E-state index contributed by atoms with van der Waals surface area (Å²) in [6, 6.07) is 8.88. The molecular weight excluding hydrogens is 236 g/mol. The third kappa shape index (κ3) is 4.01. The number of rotatable bonds is 5. The number of carbonyl (C=O) groups is 3. The second-order valence-corrected chi connectivity index (χ2v) is 3.64. The van der Waals surface area contributed by atoms with Gasteiger partial charge in [-0.25, -0.2) is 4.79 Å². The number of methoxy groups -OCH3 is 1. The van der Waals surface area contributed by atoms with Crippen molar-refractivity contribution >= 4 is 17.7 Å². The van der Waals surface area contributed by atoms with E-state index in [0.717, 1.165) is 19.6 Å². The van der Waals surface area contributed by atoms with Crippen LogP contribution in [0.2, 0.25) is 0 Å². The molecule has 5 heteroatoms. The van der Waals surface area contributed by atoms with Crippen LogP contribution in [0, 0.1) is 0 Å². The van der Waals surface area contributed by atoms with Gasteiger partial charge in [-0.3, -0.25) is 9.59 Å². The Morgan fingerprint density at radius 2 is 1.78 bits per heavy atom. The molecule has 0 aromatic heterocycles. The first-order valence-corrected chi connectivity index (χ1v) is 5.36. The molecule has 1 aromatic carbocycles. The molecule has 1 aromatic rings. The number of ketones is 1. The van der Waals surface area contributed by atoms with E-state index < -0.39 is 23.8 Å². The Morgan fingerprint density at radius 1 is 1.17 bits per heavy atom. The highest BCUT2D eigenvalue weighted by Gasteiger charge is 2.30. The molecule has 5 nitrogen and oxygen atoms in total. The normalized spacial score (nSPS) is 11.4. The molecule has 1 rings (SSSR count). The van der Waals surface area contributed by atoms with Crippen molar-refractivity contribution in [1.82, 2.24) is 0 Å². The lowest BCUT2D eigenvalue weighted by Gasteiger charge is -2.13. The Morgan fingerprint density at radius 3 is 2.28 bits per heavy atom. The van der Waals surface area contributed by atoms with Crippen LogP contribution < -0.4 is 0 Å². The van der Waals surface area contributed by atoms with E-state index in [0.29, 0.717) is 0 Å². The Hall–Kier alpha value is -2.17. The van der Waals surface area contributed by atoms with Gasteiger partial charge in [-0.15, -0.1) is 0 Å². The molecule has 0 heterocycles. The largest absolute Gasteiger partial charge is 0.466 e. The molecule has 0 aliphatic rings. The summed E-state index contributed by atoms with van der Waals surface area (Å²) in [6.07, 6.45) is -1.49. The third-order valence-electron chi connectivity index (χ3n) is 2.21. The van der Waals surface area contributed by atoms with Crippen LogP contribution in [-0.2, 0) is 30.3 Å². The number of ether oxygens (including phenoxy) is 2. The van der Waals surface area contributed by atoms with Crippen molar-refractivity contribution in [3.05, 3.63) is 35.9 Å². The highest BCUT2D eigenvalue weighted by Crippen LogP contribution is 2.06. The van der Waals surface area contributed by atoms with Crippen LogP contribution in [0.5, 0.6) is 0 Å². The fourth-order valence-corrected chi connectivity index (χ4v) is 1.41. The van der Waals surface area contributed by atoms with Crippen LogP contribution in [0.3, 0.4) is 0 Å². The van der Waals surface area contributed by atoms with Gasteiger partial charge in [0, 0.05) is 13.3 Å². The first-order chi connectivity index (χ1) is 8.54. The summed E-state index contributed by atoms with van der Waals surface area (Å²) in [5, 5.41) is 0. The van der Waals surface area contributed by atoms with Gasteiger partial charge in [0.2, 0.25) is 0 Å². The summed E-state index contributed by atoms with van der Waals surface area (Å²) in [5.74, 6) is -2.08. The van der Waals surface area contributed by atoms with Gasteiger partial charge in [0.15, 0.2) is 5.78 Å². The number of hydrogen-bond donors (Lipinski definition) is 0. The maximum absolute atomic E-state index is 11.9. The van der Waals surface area contributed by atoms with Crippen molar-refractivity contribution in [1.29, 1.82) is 0 Å². The molecule has 0 N–H and O–H groups in total. The molecule has 0 spiro atoms. The smallest absolute Gasteiger partial charge is 0.355 e. The molecule has 0 aliphatic heterocycles. The minimum atomic E-state index is -1.49. The zero-order chi connectivity index (χ0) is 13.5. The number of benzene rings is 1. The van der Waals surface area contributed by atoms with Gasteiger partial charge in [-0.05, 0) is 5.56 Å². The molecule has 0 bridgehead atoms. The molecule has 0 aliphatic carbocycles. The highest BCUT2D eigenvalue weighted by molar-refractivity contribution is 6.04. The lowest BCUT2D eigenvalue weighted by atomic mass is 10.1. The summed E-state index contributed by atoms with van der Waals surface area (Å²) in [4.78, 5) is 34.1. The van der Waals surface area contributed by atoms with E-state index in [-0.39, 0.29) is 6.42 Å². The van der Waals surface area contributed by atoms with E-state index in [9.17, 15) is 14.4 Å². The van der Waals surface area contributed by atoms with Gasteiger partial charge in [-0.1, -0.05) is 30.3 Å². The maximum atomic E-state index is 11.9. The van der Waals surface area contributed by atoms with Crippen LogP contribution in [-0.4, -0.2) is 30.9 Å². The summed E-state index contributed by atoms with van der Waals surface area (Å²) >= 11 is 0. The van der Waals surface area contributed by atoms with Crippen molar-refractivity contribution in [3.8, 4) is 0 Å². The number of Topliss-reactive ketones (excluding diaryl/α,β-unsaturated/α-hetero) is 1. The molecule has 96 valence electrons. The summed E-state index contributed by atoms with van der Waals surface area (Å²) < 4.78 is 9.11. The van der Waals surface area contributed by atoms with Crippen LogP contribution in [0.25, 0.3) is 0 Å². The molecule has 1 unspecified atom stereocenters. The predicted molar refractivity (Wildman–Crippen MR) is 62.7 cm³/mol. The SMILES string of the molecule is COC(=O)C(OC(C)=O)C(=O)Cc1ccccc1. The molecule has 0 radical (unpaired) electrons. The predicted octanol–water partition coefficient (Wildman–Crippen LogP) is 0.903. The van der Waals surface area contributed by atoms with Crippen LogP contribution >= 0.6 is 0 Å². The Kier molecular flexibility index (Phi) is 5.05. The average molecular weight is 250 g/mol. The second-order valence-electron chi connectivity index (χ2n) is 3.64. The van der Waals surface area contributed by atoms with Gasteiger partial charge < -0.3 is 9.47 Å². The molecule has 1 atom stereocenters. The van der Waals surface area contributed by atoms with Crippen molar-refractivity contribution in [2.75, 3.05) is 7.11 Å². The minimum Gasteiger partial charge on any atom is -0.466 e. The van der Waals surface area contributed by atoms with Crippen molar-refractivity contribution < 1.29 is 23.9 Å². The average Bonchev–Trinajstić information content (AvgIpc) is 2.36. The fourth-order valence-electron chi connectivity index (χ4n) is 1.41. The maximum Gasteiger partial charge on any atom is 0.355 e. The van der Waals surface area contributed by atoms with Crippen LogP contribution in [0.4, 0.5) is 0 Å². The van der Waals surface area contributed by atoms with Gasteiger partial charge in [0.05, 0.1) is 7.11 Å². The van der Waals surface area contributed by atoms with Crippen LogP contribution in [0.15, 0.2) is 30.3 Å². The Balaban J connectivity index is 2.76. The van der Waals surface area contributed by atoms with Gasteiger partial charge in [0.25, 0.3) is 6.10 Å². The third-order valence-corrected chi connectivity index (χ3v) is 2.21. The lowest BCUT2D eigenvalue weighted by molar-refractivity contribution is -0.168. The summed E-state index contributed by atoms with van der Waals surface area (Å²) in [7, 11) is 1.13. The zero-order valence-electron chi connectivity index (χ0n) is 10.2. The van der Waals surface area contributed by atoms with Crippen molar-refractivity contribution in [2.24, 2.45) is 0 Å². The van der Waals surface area contributed by atoms with E-state index in [2.05, 4.69) is 9.47 Å². The Labute approximate surface area is 105 Å². The second kappa shape index (κ2) is 6.54. The van der Waals surface area contributed by atoms with Gasteiger partial charge in [0.1, 0.15) is 0 Å². The van der Waals surface area contributed by atoms with E-state index in [1.807, 2.05) is 6.07 Å². The van der Waals surface area contributed by atoms with E-state index >= 15 is 0 Å². The molecule has 0 amide bonds. The quantitative estimate of drug-likeness (QED) is 0.573. The first kappa shape index (κ1) is 13.9. The monoisotopic (exact) mass is 250 g/mol. The summed E-state index contributed by atoms with van der Waals surface area (Å²) in [6.45, 7) is 1.13.